The van der Waals surface area contributed by atoms with Gasteiger partial charge in [0.2, 0.25) is 0 Å². The fraction of sp³-hybridized carbons (Fsp3) is 0.375. The molecule has 0 aliphatic carbocycles. The van der Waals surface area contributed by atoms with Gasteiger partial charge >= 0.3 is 0 Å². The topological polar surface area (TPSA) is 37.8 Å². The zero-order valence-electron chi connectivity index (χ0n) is 12.2. The van der Waals surface area contributed by atoms with Gasteiger partial charge in [-0.3, -0.25) is 0 Å². The number of nitrogens with zero attached hydrogens (tertiary/aromatic N) is 2. The smallest absolute Gasteiger partial charge is 0.125 e. The van der Waals surface area contributed by atoms with Gasteiger partial charge in [-0.2, -0.15) is 0 Å². The quantitative estimate of drug-likeness (QED) is 0.908. The first-order valence-electron chi connectivity index (χ1n) is 6.90. The summed E-state index contributed by atoms with van der Waals surface area (Å²) >= 11 is 0. The fourth-order valence-corrected chi connectivity index (χ4v) is 2.22. The van der Waals surface area contributed by atoms with Crippen LogP contribution in [-0.4, -0.2) is 16.5 Å². The van der Waals surface area contributed by atoms with Gasteiger partial charge in [0, 0.05) is 6.20 Å². The summed E-state index contributed by atoms with van der Waals surface area (Å²) in [6.07, 6.45) is 2.75. The number of hydrogen-bond acceptors (Lipinski definition) is 3. The fourth-order valence-electron chi connectivity index (χ4n) is 2.22. The maximum atomic E-state index is 13.6. The molecule has 1 aromatic carbocycles. The molecule has 0 saturated carbocycles. The van der Waals surface area contributed by atoms with Crippen molar-refractivity contribution in [2.24, 2.45) is 0 Å². The van der Waals surface area contributed by atoms with Crippen molar-refractivity contribution in [1.29, 1.82) is 0 Å². The summed E-state index contributed by atoms with van der Waals surface area (Å²) in [7, 11) is 0. The van der Waals surface area contributed by atoms with Gasteiger partial charge in [0.15, 0.2) is 0 Å². The molecule has 0 aliphatic heterocycles. The van der Waals surface area contributed by atoms with Gasteiger partial charge in [-0.05, 0) is 56.1 Å². The van der Waals surface area contributed by atoms with Crippen LogP contribution in [0, 0.1) is 19.7 Å². The molecule has 0 spiro atoms. The second kappa shape index (κ2) is 6.57. The highest BCUT2D eigenvalue weighted by molar-refractivity contribution is 5.34. The minimum absolute atomic E-state index is 0.104. The van der Waals surface area contributed by atoms with Crippen molar-refractivity contribution < 1.29 is 4.39 Å². The van der Waals surface area contributed by atoms with Gasteiger partial charge in [0.25, 0.3) is 0 Å². The number of halogens is 1. The van der Waals surface area contributed by atoms with Crippen molar-refractivity contribution >= 4 is 0 Å². The Labute approximate surface area is 119 Å². The normalized spacial score (nSPS) is 12.4. The van der Waals surface area contributed by atoms with Crippen LogP contribution in [0.4, 0.5) is 4.39 Å². The second-order valence-electron chi connectivity index (χ2n) is 4.92. The van der Waals surface area contributed by atoms with E-state index in [1.54, 1.807) is 18.3 Å². The van der Waals surface area contributed by atoms with Crippen LogP contribution in [-0.2, 0) is 0 Å². The van der Waals surface area contributed by atoms with E-state index in [1.165, 1.54) is 6.07 Å². The molecule has 3 nitrogen and oxygen atoms in total. The van der Waals surface area contributed by atoms with Crippen LogP contribution in [0.3, 0.4) is 0 Å². The SMILES string of the molecule is CCCNC(c1ccnc(C)n1)c1cc(F)ccc1C. The number of hydrogen-bond donors (Lipinski definition) is 1. The maximum absolute atomic E-state index is 13.6. The lowest BCUT2D eigenvalue weighted by atomic mass is 9.98. The molecule has 1 atom stereocenters. The highest BCUT2D eigenvalue weighted by atomic mass is 19.1. The molecule has 106 valence electrons. The van der Waals surface area contributed by atoms with Crippen molar-refractivity contribution in [1.82, 2.24) is 15.3 Å². The monoisotopic (exact) mass is 273 g/mol. The zero-order chi connectivity index (χ0) is 14.5. The summed E-state index contributed by atoms with van der Waals surface area (Å²) in [5.74, 6) is 0.500. The molecule has 20 heavy (non-hydrogen) atoms. The van der Waals surface area contributed by atoms with Crippen molar-refractivity contribution in [2.45, 2.75) is 33.2 Å². The van der Waals surface area contributed by atoms with E-state index in [0.29, 0.717) is 0 Å². The molecule has 0 bridgehead atoms. The molecule has 0 fully saturated rings. The largest absolute Gasteiger partial charge is 0.305 e. The van der Waals surface area contributed by atoms with Crippen LogP contribution >= 0.6 is 0 Å². The van der Waals surface area contributed by atoms with E-state index in [0.717, 1.165) is 35.6 Å². The van der Waals surface area contributed by atoms with E-state index < -0.39 is 0 Å². The van der Waals surface area contributed by atoms with Crippen LogP contribution in [0.1, 0.15) is 42.0 Å². The van der Waals surface area contributed by atoms with E-state index in [2.05, 4.69) is 22.2 Å². The minimum Gasteiger partial charge on any atom is -0.305 e. The molecule has 1 unspecified atom stereocenters. The third kappa shape index (κ3) is 3.39. The van der Waals surface area contributed by atoms with Gasteiger partial charge < -0.3 is 5.32 Å². The van der Waals surface area contributed by atoms with Crippen LogP contribution < -0.4 is 5.32 Å². The van der Waals surface area contributed by atoms with Gasteiger partial charge in [0.05, 0.1) is 11.7 Å². The molecule has 2 aromatic rings. The molecule has 0 radical (unpaired) electrons. The van der Waals surface area contributed by atoms with Crippen LogP contribution in [0.25, 0.3) is 0 Å². The Kier molecular flexibility index (Phi) is 4.79. The van der Waals surface area contributed by atoms with Crippen molar-refractivity contribution in [3.05, 3.63) is 58.9 Å². The number of nitrogens with one attached hydrogen (secondary N) is 1. The van der Waals surface area contributed by atoms with Crippen LogP contribution in [0.5, 0.6) is 0 Å². The molecular weight excluding hydrogens is 253 g/mol. The molecular formula is C16H20FN3. The summed E-state index contributed by atoms with van der Waals surface area (Å²) in [4.78, 5) is 8.60. The van der Waals surface area contributed by atoms with Crippen LogP contribution in [0.15, 0.2) is 30.5 Å². The maximum Gasteiger partial charge on any atom is 0.125 e. The van der Waals surface area contributed by atoms with Crippen molar-refractivity contribution in [3.63, 3.8) is 0 Å². The molecule has 1 heterocycles. The Morgan fingerprint density at radius 3 is 2.75 bits per heavy atom. The Morgan fingerprint density at radius 2 is 2.05 bits per heavy atom. The number of aryl methyl sites for hydroxylation is 2. The predicted octanol–water partition coefficient (Wildman–Crippen LogP) is 3.32. The summed E-state index contributed by atoms with van der Waals surface area (Å²) < 4.78 is 13.6. The van der Waals surface area contributed by atoms with E-state index in [9.17, 15) is 4.39 Å². The molecule has 1 N–H and O–H groups in total. The van der Waals surface area contributed by atoms with E-state index in [4.69, 9.17) is 0 Å². The summed E-state index contributed by atoms with van der Waals surface area (Å²) in [6.45, 7) is 6.81. The van der Waals surface area contributed by atoms with E-state index in [1.807, 2.05) is 19.9 Å². The van der Waals surface area contributed by atoms with Gasteiger partial charge in [-0.1, -0.05) is 13.0 Å². The number of aromatic nitrogens is 2. The summed E-state index contributed by atoms with van der Waals surface area (Å²) in [5, 5.41) is 3.44. The lowest BCUT2D eigenvalue weighted by Gasteiger charge is -2.20. The average Bonchev–Trinajstić information content (AvgIpc) is 2.43. The first kappa shape index (κ1) is 14.6. The van der Waals surface area contributed by atoms with Crippen molar-refractivity contribution in [3.8, 4) is 0 Å². The highest BCUT2D eigenvalue weighted by Gasteiger charge is 2.17. The molecule has 2 rings (SSSR count). The number of benzene rings is 1. The Morgan fingerprint density at radius 1 is 1.25 bits per heavy atom. The average molecular weight is 273 g/mol. The third-order valence-electron chi connectivity index (χ3n) is 3.24. The van der Waals surface area contributed by atoms with E-state index in [-0.39, 0.29) is 11.9 Å². The Bertz CT molecular complexity index is 584. The van der Waals surface area contributed by atoms with Crippen LogP contribution in [0.2, 0.25) is 0 Å². The molecule has 0 amide bonds. The first-order valence-corrected chi connectivity index (χ1v) is 6.90. The Balaban J connectivity index is 2.44. The molecule has 1 aromatic heterocycles. The van der Waals surface area contributed by atoms with Gasteiger partial charge in [0.1, 0.15) is 11.6 Å². The third-order valence-corrected chi connectivity index (χ3v) is 3.24. The molecule has 0 saturated heterocycles. The number of rotatable bonds is 5. The summed E-state index contributed by atoms with van der Waals surface area (Å²) in [5.41, 5.74) is 2.85. The zero-order valence-corrected chi connectivity index (χ0v) is 12.2. The lowest BCUT2D eigenvalue weighted by Crippen LogP contribution is -2.25. The van der Waals surface area contributed by atoms with Gasteiger partial charge in [-0.15, -0.1) is 0 Å². The lowest BCUT2D eigenvalue weighted by molar-refractivity contribution is 0.571. The highest BCUT2D eigenvalue weighted by Crippen LogP contribution is 2.24. The second-order valence-corrected chi connectivity index (χ2v) is 4.92. The van der Waals surface area contributed by atoms with Crippen molar-refractivity contribution in [2.75, 3.05) is 6.54 Å². The molecule has 4 heteroatoms. The minimum atomic E-state index is -0.223. The predicted molar refractivity (Wildman–Crippen MR) is 78.0 cm³/mol. The van der Waals surface area contributed by atoms with E-state index >= 15 is 0 Å². The molecule has 0 aliphatic rings. The Hall–Kier alpha value is -1.81. The standard InChI is InChI=1S/C16H20FN3/c1-4-8-19-16(15-7-9-18-12(3)20-15)14-10-13(17)6-5-11(14)2/h5-7,9-10,16,19H,4,8H2,1-3H3. The summed E-state index contributed by atoms with van der Waals surface area (Å²) in [6, 6.07) is 6.65. The first-order chi connectivity index (χ1) is 9.61. The van der Waals surface area contributed by atoms with Gasteiger partial charge in [-0.25, -0.2) is 14.4 Å².